The molecule has 0 aromatic heterocycles. The van der Waals surface area contributed by atoms with Crippen molar-refractivity contribution >= 4 is 27.5 Å². The lowest BCUT2D eigenvalue weighted by Gasteiger charge is -2.34. The second kappa shape index (κ2) is 7.77. The van der Waals surface area contributed by atoms with Crippen molar-refractivity contribution in [1.82, 2.24) is 10.2 Å². The van der Waals surface area contributed by atoms with Gasteiger partial charge in [0.2, 0.25) is 5.91 Å². The molecule has 5 nitrogen and oxygen atoms in total. The van der Waals surface area contributed by atoms with Gasteiger partial charge in [-0.05, 0) is 24.1 Å². The van der Waals surface area contributed by atoms with Gasteiger partial charge in [-0.3, -0.25) is 9.69 Å². The van der Waals surface area contributed by atoms with Crippen molar-refractivity contribution in [3.8, 4) is 0 Å². The Hall–Kier alpha value is -1.11. The van der Waals surface area contributed by atoms with Crippen molar-refractivity contribution in [2.24, 2.45) is 0 Å². The van der Waals surface area contributed by atoms with Crippen LogP contribution >= 0.6 is 15.9 Å². The molecule has 0 bridgehead atoms. The number of nitrogens with one attached hydrogen (secondary N) is 1. The third kappa shape index (κ3) is 4.43. The molecule has 1 aliphatic rings. The third-order valence-corrected chi connectivity index (χ3v) is 4.07. The van der Waals surface area contributed by atoms with Crippen LogP contribution in [0.25, 0.3) is 0 Å². The number of halogens is 1. The SMILES string of the molecule is CCCNC(=O)C1COCCN1Cc1ccc(Br)cc1N. The summed E-state index contributed by atoms with van der Waals surface area (Å²) in [6.07, 6.45) is 0.930. The van der Waals surface area contributed by atoms with Crippen LogP contribution in [0.2, 0.25) is 0 Å². The monoisotopic (exact) mass is 355 g/mol. The summed E-state index contributed by atoms with van der Waals surface area (Å²) >= 11 is 3.41. The van der Waals surface area contributed by atoms with E-state index in [2.05, 4.69) is 26.1 Å². The number of morpholine rings is 1. The Balaban J connectivity index is 2.06. The van der Waals surface area contributed by atoms with Gasteiger partial charge < -0.3 is 15.8 Å². The number of nitrogens with two attached hydrogens (primary N) is 1. The van der Waals surface area contributed by atoms with Gasteiger partial charge in [-0.1, -0.05) is 28.9 Å². The van der Waals surface area contributed by atoms with Gasteiger partial charge in [0.25, 0.3) is 0 Å². The molecular weight excluding hydrogens is 334 g/mol. The predicted octanol–water partition coefficient (Wildman–Crippen LogP) is 1.76. The van der Waals surface area contributed by atoms with Gasteiger partial charge >= 0.3 is 0 Å². The van der Waals surface area contributed by atoms with Crippen LogP contribution in [0.3, 0.4) is 0 Å². The Bertz CT molecular complexity index is 496. The molecule has 1 heterocycles. The van der Waals surface area contributed by atoms with Crippen LogP contribution in [0, 0.1) is 0 Å². The summed E-state index contributed by atoms with van der Waals surface area (Å²) in [5.41, 5.74) is 7.83. The van der Waals surface area contributed by atoms with E-state index in [-0.39, 0.29) is 11.9 Å². The van der Waals surface area contributed by atoms with E-state index in [4.69, 9.17) is 10.5 Å². The molecule has 3 N–H and O–H groups in total. The second-order valence-electron chi connectivity index (χ2n) is 5.20. The van der Waals surface area contributed by atoms with E-state index in [1.807, 2.05) is 25.1 Å². The number of amides is 1. The topological polar surface area (TPSA) is 67.6 Å². The zero-order valence-corrected chi connectivity index (χ0v) is 13.9. The number of carbonyl (C=O) groups is 1. The van der Waals surface area contributed by atoms with Gasteiger partial charge in [0, 0.05) is 29.8 Å². The molecule has 1 saturated heterocycles. The van der Waals surface area contributed by atoms with E-state index in [9.17, 15) is 4.79 Å². The largest absolute Gasteiger partial charge is 0.398 e. The smallest absolute Gasteiger partial charge is 0.239 e. The van der Waals surface area contributed by atoms with Crippen molar-refractivity contribution in [2.75, 3.05) is 32.0 Å². The van der Waals surface area contributed by atoms with E-state index in [1.165, 1.54) is 0 Å². The third-order valence-electron chi connectivity index (χ3n) is 3.57. The van der Waals surface area contributed by atoms with Crippen molar-refractivity contribution in [1.29, 1.82) is 0 Å². The molecule has 1 unspecified atom stereocenters. The van der Waals surface area contributed by atoms with E-state index in [1.54, 1.807) is 0 Å². The number of carbonyl (C=O) groups excluding carboxylic acids is 1. The fraction of sp³-hybridized carbons (Fsp3) is 0.533. The molecule has 1 fully saturated rings. The summed E-state index contributed by atoms with van der Waals surface area (Å²) < 4.78 is 6.42. The highest BCUT2D eigenvalue weighted by Gasteiger charge is 2.29. The summed E-state index contributed by atoms with van der Waals surface area (Å²) in [4.78, 5) is 14.4. The highest BCUT2D eigenvalue weighted by Crippen LogP contribution is 2.21. The quantitative estimate of drug-likeness (QED) is 0.789. The van der Waals surface area contributed by atoms with Crippen LogP contribution in [-0.4, -0.2) is 43.2 Å². The molecule has 1 atom stereocenters. The maximum atomic E-state index is 12.2. The number of anilines is 1. The zero-order valence-electron chi connectivity index (χ0n) is 12.3. The van der Waals surface area contributed by atoms with Crippen molar-refractivity contribution < 1.29 is 9.53 Å². The molecule has 2 rings (SSSR count). The fourth-order valence-electron chi connectivity index (χ4n) is 2.36. The number of ether oxygens (including phenoxy) is 1. The Labute approximate surface area is 134 Å². The van der Waals surface area contributed by atoms with Crippen LogP contribution in [-0.2, 0) is 16.1 Å². The van der Waals surface area contributed by atoms with Crippen LogP contribution < -0.4 is 11.1 Å². The van der Waals surface area contributed by atoms with Crippen LogP contribution in [0.4, 0.5) is 5.69 Å². The number of hydrogen-bond donors (Lipinski definition) is 2. The first-order valence-corrected chi connectivity index (χ1v) is 8.04. The maximum absolute atomic E-state index is 12.2. The standard InChI is InChI=1S/C15H22BrN3O2/c1-2-5-18-15(20)14-10-21-7-6-19(14)9-11-3-4-12(16)8-13(11)17/h3-4,8,14H,2,5-7,9-10,17H2,1H3,(H,18,20). The van der Waals surface area contributed by atoms with Crippen LogP contribution in [0.1, 0.15) is 18.9 Å². The lowest BCUT2D eigenvalue weighted by molar-refractivity contribution is -0.132. The van der Waals surface area contributed by atoms with Crippen molar-refractivity contribution in [2.45, 2.75) is 25.9 Å². The van der Waals surface area contributed by atoms with Crippen molar-refractivity contribution in [3.63, 3.8) is 0 Å². The minimum Gasteiger partial charge on any atom is -0.398 e. The minimum absolute atomic E-state index is 0.0345. The van der Waals surface area contributed by atoms with Gasteiger partial charge in [0.1, 0.15) is 6.04 Å². The molecule has 21 heavy (non-hydrogen) atoms. The molecule has 1 aromatic carbocycles. The molecule has 116 valence electrons. The molecule has 1 aliphatic heterocycles. The number of hydrogen-bond acceptors (Lipinski definition) is 4. The van der Waals surface area contributed by atoms with Gasteiger partial charge in [-0.15, -0.1) is 0 Å². The Kier molecular flexibility index (Phi) is 6.02. The fourth-order valence-corrected chi connectivity index (χ4v) is 2.74. The molecular formula is C15H22BrN3O2. The summed E-state index contributed by atoms with van der Waals surface area (Å²) in [7, 11) is 0. The maximum Gasteiger partial charge on any atom is 0.239 e. The molecule has 0 spiro atoms. The molecule has 0 radical (unpaired) electrons. The van der Waals surface area contributed by atoms with Gasteiger partial charge in [-0.25, -0.2) is 0 Å². The summed E-state index contributed by atoms with van der Waals surface area (Å²) in [6, 6.07) is 5.61. The predicted molar refractivity (Wildman–Crippen MR) is 86.9 cm³/mol. The molecule has 1 aromatic rings. The van der Waals surface area contributed by atoms with Crippen LogP contribution in [0.5, 0.6) is 0 Å². The molecule has 0 saturated carbocycles. The molecule has 0 aliphatic carbocycles. The lowest BCUT2D eigenvalue weighted by atomic mass is 10.1. The minimum atomic E-state index is -0.242. The average molecular weight is 356 g/mol. The van der Waals surface area contributed by atoms with E-state index < -0.39 is 0 Å². The highest BCUT2D eigenvalue weighted by atomic mass is 79.9. The number of benzene rings is 1. The van der Waals surface area contributed by atoms with Gasteiger partial charge in [0.05, 0.1) is 13.2 Å². The number of nitrogens with zero attached hydrogens (tertiary/aromatic N) is 1. The highest BCUT2D eigenvalue weighted by molar-refractivity contribution is 9.10. The number of nitrogen functional groups attached to an aromatic ring is 1. The van der Waals surface area contributed by atoms with Gasteiger partial charge in [0.15, 0.2) is 0 Å². The molecule has 6 heteroatoms. The van der Waals surface area contributed by atoms with E-state index >= 15 is 0 Å². The normalized spacial score (nSPS) is 19.4. The van der Waals surface area contributed by atoms with Crippen molar-refractivity contribution in [3.05, 3.63) is 28.2 Å². The van der Waals surface area contributed by atoms with Gasteiger partial charge in [-0.2, -0.15) is 0 Å². The lowest BCUT2D eigenvalue weighted by Crippen LogP contribution is -2.53. The molecule has 1 amide bonds. The second-order valence-corrected chi connectivity index (χ2v) is 6.11. The van der Waals surface area contributed by atoms with E-state index in [0.29, 0.717) is 26.3 Å². The summed E-state index contributed by atoms with van der Waals surface area (Å²) in [6.45, 7) is 5.22. The van der Waals surface area contributed by atoms with Crippen LogP contribution in [0.15, 0.2) is 22.7 Å². The number of rotatable bonds is 5. The first-order chi connectivity index (χ1) is 10.1. The van der Waals surface area contributed by atoms with E-state index in [0.717, 1.165) is 28.7 Å². The summed E-state index contributed by atoms with van der Waals surface area (Å²) in [5.74, 6) is 0.0345. The first kappa shape index (κ1) is 16.3. The Morgan fingerprint density at radius 1 is 1.57 bits per heavy atom. The Morgan fingerprint density at radius 3 is 3.10 bits per heavy atom. The first-order valence-electron chi connectivity index (χ1n) is 7.25. The summed E-state index contributed by atoms with van der Waals surface area (Å²) in [5, 5.41) is 2.94. The average Bonchev–Trinajstić information content (AvgIpc) is 2.48. The Morgan fingerprint density at radius 2 is 2.38 bits per heavy atom. The zero-order chi connectivity index (χ0) is 15.2.